The average Bonchev–Trinajstić information content (AvgIpc) is 3.14. The molecule has 2 atom stereocenters. The summed E-state index contributed by atoms with van der Waals surface area (Å²) in [7, 11) is -5.39. The Labute approximate surface area is 168 Å². The second kappa shape index (κ2) is 7.92. The van der Waals surface area contributed by atoms with Crippen molar-refractivity contribution in [3.8, 4) is 0 Å². The summed E-state index contributed by atoms with van der Waals surface area (Å²) < 4.78 is 44.1. The van der Waals surface area contributed by atoms with E-state index >= 15 is 0 Å². The summed E-state index contributed by atoms with van der Waals surface area (Å²) in [4.78, 5) is 42.5. The number of nitrogens with zero attached hydrogens (tertiary/aromatic N) is 5. The molecule has 8 nitrogen and oxygen atoms in total. The van der Waals surface area contributed by atoms with Crippen molar-refractivity contribution in [2.45, 2.75) is 24.5 Å². The molecule has 3 rings (SSSR count). The maximum atomic E-state index is 14.8. The monoisotopic (exact) mass is 449 g/mol. The number of benzene rings is 1. The van der Waals surface area contributed by atoms with Crippen molar-refractivity contribution >= 4 is 19.5 Å². The van der Waals surface area contributed by atoms with Crippen molar-refractivity contribution in [1.82, 2.24) is 24.7 Å². The first-order valence-electron chi connectivity index (χ1n) is 8.19. The topological polar surface area (TPSA) is 117 Å². The van der Waals surface area contributed by atoms with Gasteiger partial charge in [0, 0.05) is 0 Å². The van der Waals surface area contributed by atoms with Gasteiger partial charge in [0.15, 0.2) is 0 Å². The second-order valence-corrected chi connectivity index (χ2v) is 8.93. The molecule has 0 bridgehead atoms. The number of halogens is 4. The third kappa shape index (κ3) is 3.84. The molecule has 2 heterocycles. The van der Waals surface area contributed by atoms with Gasteiger partial charge in [-0.1, -0.05) is 0 Å². The molecule has 0 saturated carbocycles. The van der Waals surface area contributed by atoms with Crippen LogP contribution in [0.15, 0.2) is 37.2 Å². The first-order chi connectivity index (χ1) is 13.6. The third-order valence-electron chi connectivity index (χ3n) is 4.81. The van der Waals surface area contributed by atoms with E-state index in [1.54, 1.807) is 0 Å². The summed E-state index contributed by atoms with van der Waals surface area (Å²) in [6, 6.07) is 2.34. The Hall–Kier alpha value is -2.17. The van der Waals surface area contributed by atoms with Crippen LogP contribution >= 0.6 is 19.5 Å². The molecule has 0 spiro atoms. The van der Waals surface area contributed by atoms with Gasteiger partial charge in [-0.3, -0.25) is 0 Å². The molecule has 2 unspecified atom stereocenters. The fourth-order valence-electron chi connectivity index (χ4n) is 3.35. The van der Waals surface area contributed by atoms with Crippen LogP contribution < -0.4 is 0 Å². The van der Waals surface area contributed by atoms with Gasteiger partial charge in [-0.25, -0.2) is 0 Å². The number of aromatic nitrogens is 5. The van der Waals surface area contributed by atoms with E-state index in [1.807, 2.05) is 0 Å². The molecular formula is C16H16ClF3N5O3P. The SMILES string of the molecule is CC(c1ncnc(Cl)c1F)C(Cn1cncn1)(c1ccc(F)cc1F)[PH](O)(O)O. The molecule has 0 radical (unpaired) electrons. The zero-order chi connectivity index (χ0) is 21.4. The summed E-state index contributed by atoms with van der Waals surface area (Å²) in [6.07, 6.45) is 3.26. The molecule has 3 N–H and O–H groups in total. The van der Waals surface area contributed by atoms with Crippen LogP contribution in [0.5, 0.6) is 0 Å². The zero-order valence-corrected chi connectivity index (χ0v) is 16.6. The molecule has 0 saturated heterocycles. The van der Waals surface area contributed by atoms with Gasteiger partial charge < -0.3 is 0 Å². The van der Waals surface area contributed by atoms with Crippen LogP contribution in [-0.2, 0) is 11.7 Å². The molecule has 0 aliphatic heterocycles. The summed E-state index contributed by atoms with van der Waals surface area (Å²) >= 11 is 5.71. The van der Waals surface area contributed by atoms with E-state index in [-0.39, 0.29) is 0 Å². The Morgan fingerprint density at radius 1 is 1.17 bits per heavy atom. The first-order valence-corrected chi connectivity index (χ1v) is 10.4. The quantitative estimate of drug-likeness (QED) is 0.390. The van der Waals surface area contributed by atoms with E-state index in [4.69, 9.17) is 11.6 Å². The van der Waals surface area contributed by atoms with Crippen molar-refractivity contribution in [2.75, 3.05) is 0 Å². The van der Waals surface area contributed by atoms with Gasteiger partial charge in [-0.05, 0) is 0 Å². The van der Waals surface area contributed by atoms with E-state index in [0.717, 1.165) is 29.5 Å². The normalized spacial score (nSPS) is 15.7. The molecule has 0 aliphatic carbocycles. The Kier molecular flexibility index (Phi) is 5.88. The molecule has 3 aromatic rings. The summed E-state index contributed by atoms with van der Waals surface area (Å²) in [5.74, 6) is -4.54. The average molecular weight is 450 g/mol. The van der Waals surface area contributed by atoms with Crippen molar-refractivity contribution in [3.63, 3.8) is 0 Å². The second-order valence-electron chi connectivity index (χ2n) is 6.41. The van der Waals surface area contributed by atoms with Crippen molar-refractivity contribution < 1.29 is 27.9 Å². The van der Waals surface area contributed by atoms with Crippen LogP contribution in [-0.4, -0.2) is 39.4 Å². The Morgan fingerprint density at radius 2 is 1.90 bits per heavy atom. The Balaban J connectivity index is 2.33. The molecule has 13 heteroatoms. The standard InChI is InChI=1S/C16H16ClF3N5O3P/c1-9(14-13(20)15(17)23-7-22-14)16(29(26,27)28,5-25-8-21-6-24-25)11-3-2-10(18)4-12(11)19/h2-4,6-9,26-29H,5H2,1H3. The van der Waals surface area contributed by atoms with Gasteiger partial charge in [0.2, 0.25) is 0 Å². The summed E-state index contributed by atoms with van der Waals surface area (Å²) in [5, 5.41) is 1.02. The van der Waals surface area contributed by atoms with Crippen LogP contribution in [0.25, 0.3) is 0 Å². The van der Waals surface area contributed by atoms with E-state index in [9.17, 15) is 27.9 Å². The molecule has 0 aliphatic rings. The van der Waals surface area contributed by atoms with Gasteiger partial charge in [-0.2, -0.15) is 0 Å². The summed E-state index contributed by atoms with van der Waals surface area (Å²) in [6.45, 7) is 0.763. The van der Waals surface area contributed by atoms with Crippen LogP contribution in [0.2, 0.25) is 5.15 Å². The van der Waals surface area contributed by atoms with Gasteiger partial charge in [0.25, 0.3) is 0 Å². The zero-order valence-electron chi connectivity index (χ0n) is 14.8. The van der Waals surface area contributed by atoms with Crippen LogP contribution in [0.3, 0.4) is 0 Å². The molecule has 0 fully saturated rings. The van der Waals surface area contributed by atoms with Gasteiger partial charge >= 0.3 is 168 Å². The Bertz CT molecular complexity index is 1020. The van der Waals surface area contributed by atoms with E-state index in [1.165, 1.54) is 13.3 Å². The minimum atomic E-state index is -5.39. The number of hydrogen-bond acceptors (Lipinski definition) is 7. The van der Waals surface area contributed by atoms with Crippen molar-refractivity contribution in [2.24, 2.45) is 0 Å². The van der Waals surface area contributed by atoms with E-state index in [2.05, 4.69) is 20.1 Å². The summed E-state index contributed by atoms with van der Waals surface area (Å²) in [5.41, 5.74) is -0.863. The van der Waals surface area contributed by atoms with Gasteiger partial charge in [0.05, 0.1) is 0 Å². The van der Waals surface area contributed by atoms with E-state index in [0.29, 0.717) is 6.07 Å². The predicted molar refractivity (Wildman–Crippen MR) is 98.4 cm³/mol. The third-order valence-corrected chi connectivity index (χ3v) is 7.13. The van der Waals surface area contributed by atoms with Crippen LogP contribution in [0, 0.1) is 17.5 Å². The molecule has 29 heavy (non-hydrogen) atoms. The van der Waals surface area contributed by atoms with Crippen molar-refractivity contribution in [3.05, 3.63) is 71.0 Å². The number of hydrogen-bond donors (Lipinski definition) is 3. The van der Waals surface area contributed by atoms with Gasteiger partial charge in [-0.15, -0.1) is 0 Å². The number of rotatable bonds is 6. The first kappa shape index (κ1) is 21.5. The predicted octanol–water partition coefficient (Wildman–Crippen LogP) is 2.31. The van der Waals surface area contributed by atoms with Gasteiger partial charge in [0.1, 0.15) is 0 Å². The molecule has 2 aromatic heterocycles. The molecular weight excluding hydrogens is 434 g/mol. The fourth-order valence-corrected chi connectivity index (χ4v) is 5.15. The maximum absolute atomic E-state index is 14.8. The minimum absolute atomic E-state index is 0.400. The van der Waals surface area contributed by atoms with Crippen molar-refractivity contribution in [1.29, 1.82) is 0 Å². The van der Waals surface area contributed by atoms with E-state index < -0.39 is 59.4 Å². The fraction of sp³-hybridized carbons (Fsp3) is 0.250. The molecule has 0 amide bonds. The Morgan fingerprint density at radius 3 is 2.48 bits per heavy atom. The van der Waals surface area contributed by atoms with Crippen LogP contribution in [0.4, 0.5) is 13.2 Å². The molecule has 156 valence electrons. The van der Waals surface area contributed by atoms with Crippen LogP contribution in [0.1, 0.15) is 24.1 Å². The molecule has 1 aromatic carbocycles.